The Morgan fingerprint density at radius 1 is 1.35 bits per heavy atom. The van der Waals surface area contributed by atoms with Crippen LogP contribution in [-0.4, -0.2) is 18.0 Å². The van der Waals surface area contributed by atoms with E-state index in [9.17, 15) is 8.42 Å². The second-order valence-electron chi connectivity index (χ2n) is 5.71. The van der Waals surface area contributed by atoms with E-state index in [1.165, 1.54) is 12.8 Å². The van der Waals surface area contributed by atoms with Gasteiger partial charge in [-0.15, -0.1) is 0 Å². The minimum Gasteiger partial charge on any atom is -0.333 e. The standard InChI is InChI=1S/C14H27N3O2S/c1-5-7-8-12(6-2)9-17-10-13(20(15,18)19)16-14(17)11(3)4/h10-12H,5-9H2,1-4H3,(H2,15,18,19). The molecule has 1 rings (SSSR count). The molecule has 0 bridgehead atoms. The zero-order valence-corrected chi connectivity index (χ0v) is 13.8. The number of hydrogen-bond donors (Lipinski definition) is 1. The van der Waals surface area contributed by atoms with Gasteiger partial charge in [-0.05, 0) is 12.3 Å². The summed E-state index contributed by atoms with van der Waals surface area (Å²) in [4.78, 5) is 4.20. The van der Waals surface area contributed by atoms with Gasteiger partial charge in [-0.3, -0.25) is 0 Å². The predicted octanol–water partition coefficient (Wildman–Crippen LogP) is 2.87. The van der Waals surface area contributed by atoms with Gasteiger partial charge >= 0.3 is 0 Å². The summed E-state index contributed by atoms with van der Waals surface area (Å²) in [5.41, 5.74) is 0. The number of primary sulfonamides is 1. The number of sulfonamides is 1. The lowest BCUT2D eigenvalue weighted by Gasteiger charge is -2.17. The van der Waals surface area contributed by atoms with Gasteiger partial charge in [-0.25, -0.2) is 18.5 Å². The fourth-order valence-electron chi connectivity index (χ4n) is 2.34. The largest absolute Gasteiger partial charge is 0.333 e. The van der Waals surface area contributed by atoms with E-state index >= 15 is 0 Å². The number of hydrogen-bond acceptors (Lipinski definition) is 3. The quantitative estimate of drug-likeness (QED) is 0.802. The normalized spacial score (nSPS) is 13.9. The van der Waals surface area contributed by atoms with Crippen molar-refractivity contribution in [3.05, 3.63) is 12.0 Å². The maximum absolute atomic E-state index is 11.5. The molecule has 0 radical (unpaired) electrons. The van der Waals surface area contributed by atoms with Crippen LogP contribution in [0, 0.1) is 5.92 Å². The van der Waals surface area contributed by atoms with Crippen molar-refractivity contribution in [2.24, 2.45) is 11.1 Å². The Morgan fingerprint density at radius 3 is 2.45 bits per heavy atom. The molecule has 0 aliphatic heterocycles. The van der Waals surface area contributed by atoms with E-state index in [2.05, 4.69) is 18.8 Å². The van der Waals surface area contributed by atoms with Crippen LogP contribution >= 0.6 is 0 Å². The maximum Gasteiger partial charge on any atom is 0.257 e. The molecule has 0 saturated heterocycles. The van der Waals surface area contributed by atoms with Crippen molar-refractivity contribution >= 4 is 10.0 Å². The first-order valence-corrected chi connectivity index (χ1v) is 8.94. The van der Waals surface area contributed by atoms with Crippen LogP contribution < -0.4 is 5.14 Å². The Kier molecular flexibility index (Phi) is 6.20. The Hall–Kier alpha value is -0.880. The average molecular weight is 301 g/mol. The van der Waals surface area contributed by atoms with E-state index in [0.717, 1.165) is 25.2 Å². The molecular formula is C14H27N3O2S. The molecule has 6 heteroatoms. The monoisotopic (exact) mass is 301 g/mol. The maximum atomic E-state index is 11.5. The van der Waals surface area contributed by atoms with Gasteiger partial charge in [0.1, 0.15) is 5.82 Å². The van der Waals surface area contributed by atoms with E-state index < -0.39 is 10.0 Å². The van der Waals surface area contributed by atoms with Crippen molar-refractivity contribution in [2.45, 2.75) is 70.9 Å². The van der Waals surface area contributed by atoms with E-state index in [4.69, 9.17) is 5.14 Å². The van der Waals surface area contributed by atoms with Crippen LogP contribution in [0.5, 0.6) is 0 Å². The molecule has 0 aliphatic carbocycles. The van der Waals surface area contributed by atoms with Crippen molar-refractivity contribution < 1.29 is 8.42 Å². The van der Waals surface area contributed by atoms with Crippen LogP contribution in [0.2, 0.25) is 0 Å². The van der Waals surface area contributed by atoms with Gasteiger partial charge in [0, 0.05) is 18.7 Å². The zero-order chi connectivity index (χ0) is 15.3. The van der Waals surface area contributed by atoms with Gasteiger partial charge in [-0.2, -0.15) is 0 Å². The minimum absolute atomic E-state index is 0.0217. The summed E-state index contributed by atoms with van der Waals surface area (Å²) in [7, 11) is -3.73. The Morgan fingerprint density at radius 2 is 2.00 bits per heavy atom. The summed E-state index contributed by atoms with van der Waals surface area (Å²) in [5.74, 6) is 1.52. The number of rotatable bonds is 8. The molecule has 0 saturated carbocycles. The molecule has 116 valence electrons. The fourth-order valence-corrected chi connectivity index (χ4v) is 2.84. The number of unbranched alkanes of at least 4 members (excludes halogenated alkanes) is 1. The Bertz CT molecular complexity index is 521. The van der Waals surface area contributed by atoms with Crippen LogP contribution in [-0.2, 0) is 16.6 Å². The molecule has 1 atom stereocenters. The van der Waals surface area contributed by atoms with Crippen molar-refractivity contribution in [3.8, 4) is 0 Å². The smallest absolute Gasteiger partial charge is 0.257 e. The average Bonchev–Trinajstić information content (AvgIpc) is 2.78. The first-order valence-electron chi connectivity index (χ1n) is 7.39. The van der Waals surface area contributed by atoms with Gasteiger partial charge in [-0.1, -0.05) is 47.0 Å². The Balaban J connectivity index is 3.00. The van der Waals surface area contributed by atoms with Crippen molar-refractivity contribution in [1.82, 2.24) is 9.55 Å². The summed E-state index contributed by atoms with van der Waals surface area (Å²) < 4.78 is 24.9. The van der Waals surface area contributed by atoms with Crippen LogP contribution in [0.25, 0.3) is 0 Å². The minimum atomic E-state index is -3.73. The first-order chi connectivity index (χ1) is 9.29. The van der Waals surface area contributed by atoms with E-state index in [-0.39, 0.29) is 10.9 Å². The summed E-state index contributed by atoms with van der Waals surface area (Å²) in [6.07, 6.45) is 6.21. The Labute approximate surface area is 122 Å². The molecule has 2 N–H and O–H groups in total. The molecule has 0 aliphatic rings. The first kappa shape index (κ1) is 17.2. The highest BCUT2D eigenvalue weighted by Gasteiger charge is 2.19. The molecule has 0 fully saturated rings. The molecule has 1 aromatic heterocycles. The fraction of sp³-hybridized carbons (Fsp3) is 0.786. The van der Waals surface area contributed by atoms with Gasteiger partial charge in [0.25, 0.3) is 10.0 Å². The second kappa shape index (κ2) is 7.22. The number of nitrogens with two attached hydrogens (primary N) is 1. The molecule has 20 heavy (non-hydrogen) atoms. The van der Waals surface area contributed by atoms with Gasteiger partial charge in [0.15, 0.2) is 5.03 Å². The SMILES string of the molecule is CCCCC(CC)Cn1cc(S(N)(=O)=O)nc1C(C)C. The van der Waals surface area contributed by atoms with Crippen molar-refractivity contribution in [3.63, 3.8) is 0 Å². The van der Waals surface area contributed by atoms with Gasteiger partial charge < -0.3 is 4.57 Å². The van der Waals surface area contributed by atoms with Crippen LogP contribution in [0.4, 0.5) is 0 Å². The van der Waals surface area contributed by atoms with Crippen LogP contribution in [0.1, 0.15) is 65.1 Å². The lowest BCUT2D eigenvalue weighted by molar-refractivity contribution is 0.382. The molecule has 0 amide bonds. The van der Waals surface area contributed by atoms with Crippen LogP contribution in [0.3, 0.4) is 0 Å². The van der Waals surface area contributed by atoms with Crippen LogP contribution in [0.15, 0.2) is 11.2 Å². The molecule has 1 unspecified atom stereocenters. The topological polar surface area (TPSA) is 78.0 Å². The number of nitrogens with zero attached hydrogens (tertiary/aromatic N) is 2. The molecule has 0 aromatic carbocycles. The van der Waals surface area contributed by atoms with Gasteiger partial charge in [0.05, 0.1) is 0 Å². The van der Waals surface area contributed by atoms with Crippen molar-refractivity contribution in [1.29, 1.82) is 0 Å². The lowest BCUT2D eigenvalue weighted by atomic mass is 9.99. The van der Waals surface area contributed by atoms with Gasteiger partial charge in [0.2, 0.25) is 0 Å². The molecule has 1 heterocycles. The highest BCUT2D eigenvalue weighted by molar-refractivity contribution is 7.89. The summed E-state index contributed by atoms with van der Waals surface area (Å²) in [6.45, 7) is 9.19. The summed E-state index contributed by atoms with van der Waals surface area (Å²) in [6, 6.07) is 0. The molecule has 0 spiro atoms. The predicted molar refractivity (Wildman–Crippen MR) is 81.0 cm³/mol. The highest BCUT2D eigenvalue weighted by Crippen LogP contribution is 2.21. The molecular weight excluding hydrogens is 274 g/mol. The molecule has 1 aromatic rings. The summed E-state index contributed by atoms with van der Waals surface area (Å²) in [5, 5.41) is 5.16. The zero-order valence-electron chi connectivity index (χ0n) is 13.0. The third-order valence-electron chi connectivity index (χ3n) is 3.59. The lowest BCUT2D eigenvalue weighted by Crippen LogP contribution is -2.13. The van der Waals surface area contributed by atoms with Crippen molar-refractivity contribution in [2.75, 3.05) is 0 Å². The second-order valence-corrected chi connectivity index (χ2v) is 7.21. The third-order valence-corrected chi connectivity index (χ3v) is 4.37. The van der Waals surface area contributed by atoms with E-state index in [1.54, 1.807) is 6.20 Å². The molecule has 5 nitrogen and oxygen atoms in total. The van der Waals surface area contributed by atoms with E-state index in [0.29, 0.717) is 5.92 Å². The summed E-state index contributed by atoms with van der Waals surface area (Å²) >= 11 is 0. The highest BCUT2D eigenvalue weighted by atomic mass is 32.2. The number of aromatic nitrogens is 2. The number of imidazole rings is 1. The van der Waals surface area contributed by atoms with E-state index in [1.807, 2.05) is 18.4 Å². The third kappa shape index (κ3) is 4.59.